The van der Waals surface area contributed by atoms with Crippen LogP contribution in [0.4, 0.5) is 5.82 Å². The number of carbonyl (C=O) groups is 1. The predicted molar refractivity (Wildman–Crippen MR) is 92.5 cm³/mol. The Hall–Kier alpha value is -2.43. The summed E-state index contributed by atoms with van der Waals surface area (Å²) in [6, 6.07) is 11.5. The van der Waals surface area contributed by atoms with Crippen LogP contribution >= 0.6 is 0 Å². The van der Waals surface area contributed by atoms with E-state index in [-0.39, 0.29) is 11.9 Å². The molecule has 2 N–H and O–H groups in total. The summed E-state index contributed by atoms with van der Waals surface area (Å²) in [5.41, 5.74) is 1.45. The predicted octanol–water partition coefficient (Wildman–Crippen LogP) is 3.49. The third-order valence-corrected chi connectivity index (χ3v) is 3.55. The molecule has 122 valence electrons. The monoisotopic (exact) mass is 312 g/mol. The summed E-state index contributed by atoms with van der Waals surface area (Å²) in [4.78, 5) is 21.0. The van der Waals surface area contributed by atoms with Crippen molar-refractivity contribution in [2.45, 2.75) is 39.7 Å². The van der Waals surface area contributed by atoms with Gasteiger partial charge >= 0.3 is 0 Å². The maximum Gasteiger partial charge on any atom is 0.270 e. The van der Waals surface area contributed by atoms with Crippen LogP contribution in [-0.2, 0) is 0 Å². The molecule has 0 aliphatic rings. The summed E-state index contributed by atoms with van der Waals surface area (Å²) >= 11 is 0. The largest absolute Gasteiger partial charge is 0.370 e. The Morgan fingerprint density at radius 3 is 2.65 bits per heavy atom. The minimum absolute atomic E-state index is 0.0736. The molecule has 0 aliphatic heterocycles. The molecule has 0 aliphatic carbocycles. The van der Waals surface area contributed by atoms with Gasteiger partial charge in [0.1, 0.15) is 17.3 Å². The second-order valence-corrected chi connectivity index (χ2v) is 5.57. The average Bonchev–Trinajstić information content (AvgIpc) is 2.55. The van der Waals surface area contributed by atoms with Crippen LogP contribution < -0.4 is 10.6 Å². The number of hydrogen-bond acceptors (Lipinski definition) is 4. The van der Waals surface area contributed by atoms with Gasteiger partial charge in [-0.05, 0) is 25.8 Å². The zero-order valence-corrected chi connectivity index (χ0v) is 14.0. The Bertz CT molecular complexity index is 643. The quantitative estimate of drug-likeness (QED) is 0.768. The van der Waals surface area contributed by atoms with E-state index in [1.54, 1.807) is 13.0 Å². The Balaban J connectivity index is 2.06. The zero-order chi connectivity index (χ0) is 16.7. The minimum atomic E-state index is -0.189. The number of nitrogens with zero attached hydrogens (tertiary/aromatic N) is 2. The van der Waals surface area contributed by atoms with E-state index in [2.05, 4.69) is 27.5 Å². The number of carbonyl (C=O) groups excluding carboxylic acids is 1. The molecule has 2 aromatic rings. The highest BCUT2D eigenvalue weighted by atomic mass is 16.1. The molecule has 1 aromatic carbocycles. The van der Waals surface area contributed by atoms with Crippen LogP contribution in [0.25, 0.3) is 0 Å². The third kappa shape index (κ3) is 5.06. The maximum atomic E-state index is 12.4. The molecule has 0 fully saturated rings. The van der Waals surface area contributed by atoms with Crippen molar-refractivity contribution in [3.63, 3.8) is 0 Å². The van der Waals surface area contributed by atoms with E-state index in [1.807, 2.05) is 37.3 Å². The highest BCUT2D eigenvalue weighted by molar-refractivity contribution is 5.93. The Labute approximate surface area is 137 Å². The SMILES string of the molecule is CCCCNc1cc(C(=O)NC(C)c2ccccc2)nc(C)n1. The standard InChI is InChI=1S/C18H24N4O/c1-4-5-11-19-17-12-16(21-14(3)22-17)18(23)20-13(2)15-9-7-6-8-10-15/h6-10,12-13H,4-5,11H2,1-3H3,(H,20,23)(H,19,21,22). The summed E-state index contributed by atoms with van der Waals surface area (Å²) in [6.07, 6.45) is 2.18. The minimum Gasteiger partial charge on any atom is -0.370 e. The van der Waals surface area contributed by atoms with Crippen LogP contribution in [-0.4, -0.2) is 22.4 Å². The van der Waals surface area contributed by atoms with Crippen molar-refractivity contribution in [1.82, 2.24) is 15.3 Å². The lowest BCUT2D eigenvalue weighted by atomic mass is 10.1. The van der Waals surface area contributed by atoms with Gasteiger partial charge in [-0.1, -0.05) is 43.7 Å². The van der Waals surface area contributed by atoms with Gasteiger partial charge in [0.25, 0.3) is 5.91 Å². The first-order chi connectivity index (χ1) is 11.1. The Kier molecular flexibility index (Phi) is 6.09. The molecule has 0 saturated heterocycles. The molecule has 2 rings (SSSR count). The fraction of sp³-hybridized carbons (Fsp3) is 0.389. The van der Waals surface area contributed by atoms with Gasteiger partial charge in [0.2, 0.25) is 0 Å². The summed E-state index contributed by atoms with van der Waals surface area (Å²) in [5.74, 6) is 1.10. The fourth-order valence-corrected chi connectivity index (χ4v) is 2.26. The molecule has 0 radical (unpaired) electrons. The van der Waals surface area contributed by atoms with Gasteiger partial charge in [-0.2, -0.15) is 0 Å². The highest BCUT2D eigenvalue weighted by Gasteiger charge is 2.14. The number of hydrogen-bond donors (Lipinski definition) is 2. The molecule has 5 heteroatoms. The number of amides is 1. The van der Waals surface area contributed by atoms with Crippen LogP contribution in [0, 0.1) is 6.92 Å². The third-order valence-electron chi connectivity index (χ3n) is 3.55. The molecule has 1 aromatic heterocycles. The number of anilines is 1. The molecule has 0 bridgehead atoms. The first-order valence-corrected chi connectivity index (χ1v) is 8.05. The molecule has 1 amide bonds. The van der Waals surface area contributed by atoms with E-state index in [0.717, 1.165) is 24.9 Å². The van der Waals surface area contributed by atoms with Gasteiger partial charge in [0, 0.05) is 12.6 Å². The summed E-state index contributed by atoms with van der Waals surface area (Å²) in [7, 11) is 0. The van der Waals surface area contributed by atoms with E-state index < -0.39 is 0 Å². The molecule has 1 unspecified atom stereocenters. The topological polar surface area (TPSA) is 66.9 Å². The Morgan fingerprint density at radius 2 is 1.96 bits per heavy atom. The van der Waals surface area contributed by atoms with Crippen LogP contribution in [0.5, 0.6) is 0 Å². The first-order valence-electron chi connectivity index (χ1n) is 8.05. The van der Waals surface area contributed by atoms with Gasteiger partial charge in [0.15, 0.2) is 0 Å². The van der Waals surface area contributed by atoms with E-state index in [0.29, 0.717) is 17.3 Å². The molecule has 0 spiro atoms. The van der Waals surface area contributed by atoms with Crippen molar-refractivity contribution in [2.24, 2.45) is 0 Å². The van der Waals surface area contributed by atoms with E-state index >= 15 is 0 Å². The van der Waals surface area contributed by atoms with Crippen molar-refractivity contribution in [1.29, 1.82) is 0 Å². The van der Waals surface area contributed by atoms with Gasteiger partial charge < -0.3 is 10.6 Å². The van der Waals surface area contributed by atoms with Crippen molar-refractivity contribution in [3.8, 4) is 0 Å². The van der Waals surface area contributed by atoms with Crippen molar-refractivity contribution in [2.75, 3.05) is 11.9 Å². The second kappa shape index (κ2) is 8.27. The van der Waals surface area contributed by atoms with Crippen molar-refractivity contribution >= 4 is 11.7 Å². The number of nitrogens with one attached hydrogen (secondary N) is 2. The number of benzene rings is 1. The zero-order valence-electron chi connectivity index (χ0n) is 14.0. The van der Waals surface area contributed by atoms with Crippen LogP contribution in [0.2, 0.25) is 0 Å². The Morgan fingerprint density at radius 1 is 1.22 bits per heavy atom. The molecule has 0 saturated carbocycles. The number of unbranched alkanes of at least 4 members (excludes halogenated alkanes) is 1. The van der Waals surface area contributed by atoms with E-state index in [4.69, 9.17) is 0 Å². The molecule has 1 atom stereocenters. The smallest absolute Gasteiger partial charge is 0.270 e. The number of aryl methyl sites for hydroxylation is 1. The van der Waals surface area contributed by atoms with E-state index in [1.165, 1.54) is 0 Å². The van der Waals surface area contributed by atoms with E-state index in [9.17, 15) is 4.79 Å². The maximum absolute atomic E-state index is 12.4. The van der Waals surface area contributed by atoms with Gasteiger partial charge in [-0.3, -0.25) is 4.79 Å². The molecule has 23 heavy (non-hydrogen) atoms. The second-order valence-electron chi connectivity index (χ2n) is 5.57. The van der Waals surface area contributed by atoms with Crippen LogP contribution in [0.15, 0.2) is 36.4 Å². The van der Waals surface area contributed by atoms with Crippen LogP contribution in [0.3, 0.4) is 0 Å². The molecular formula is C18H24N4O. The average molecular weight is 312 g/mol. The highest BCUT2D eigenvalue weighted by Crippen LogP contribution is 2.13. The number of aromatic nitrogens is 2. The van der Waals surface area contributed by atoms with Crippen LogP contribution in [0.1, 0.15) is 54.6 Å². The summed E-state index contributed by atoms with van der Waals surface area (Å²) in [5, 5.41) is 6.21. The van der Waals surface area contributed by atoms with Gasteiger partial charge in [-0.25, -0.2) is 9.97 Å². The van der Waals surface area contributed by atoms with Crippen molar-refractivity contribution in [3.05, 3.63) is 53.5 Å². The molecular weight excluding hydrogens is 288 g/mol. The normalized spacial score (nSPS) is 11.8. The lowest BCUT2D eigenvalue weighted by Gasteiger charge is -2.14. The van der Waals surface area contributed by atoms with Gasteiger partial charge in [-0.15, -0.1) is 0 Å². The van der Waals surface area contributed by atoms with Crippen molar-refractivity contribution < 1.29 is 4.79 Å². The lowest BCUT2D eigenvalue weighted by molar-refractivity contribution is 0.0934. The fourth-order valence-electron chi connectivity index (χ4n) is 2.26. The molecule has 5 nitrogen and oxygen atoms in total. The first kappa shape index (κ1) is 16.9. The summed E-state index contributed by atoms with van der Waals surface area (Å²) < 4.78 is 0. The summed E-state index contributed by atoms with van der Waals surface area (Å²) in [6.45, 7) is 6.73. The number of rotatable bonds is 7. The van der Waals surface area contributed by atoms with Gasteiger partial charge in [0.05, 0.1) is 6.04 Å². The lowest BCUT2D eigenvalue weighted by Crippen LogP contribution is -2.28. The molecule has 1 heterocycles.